The number of hydrogen-bond donors (Lipinski definition) is 0. The van der Waals surface area contributed by atoms with Crippen molar-refractivity contribution in [1.29, 1.82) is 0 Å². The summed E-state index contributed by atoms with van der Waals surface area (Å²) >= 11 is 6.07. The van der Waals surface area contributed by atoms with Gasteiger partial charge in [0.1, 0.15) is 5.78 Å². The van der Waals surface area contributed by atoms with E-state index in [9.17, 15) is 4.79 Å². The number of Topliss-reactive ketones (excluding diaryl/α,β-unsaturated/α-hetero) is 1. The Morgan fingerprint density at radius 1 is 1.25 bits per heavy atom. The van der Waals surface area contributed by atoms with E-state index in [1.54, 1.807) is 12.4 Å². The summed E-state index contributed by atoms with van der Waals surface area (Å²) in [6.45, 7) is 0. The lowest BCUT2D eigenvalue weighted by atomic mass is 9.80. The molecule has 0 radical (unpaired) electrons. The molecule has 1 aromatic carbocycles. The molecule has 1 atom stereocenters. The number of fused-ring (bicyclic) bond motifs is 1. The minimum Gasteiger partial charge on any atom is -0.299 e. The third kappa shape index (κ3) is 2.75. The number of aryl methyl sites for hydroxylation is 1. The molecule has 3 heteroatoms. The van der Waals surface area contributed by atoms with Gasteiger partial charge in [-0.1, -0.05) is 35.9 Å². The first kappa shape index (κ1) is 13.3. The molecule has 0 bridgehead atoms. The highest BCUT2D eigenvalue weighted by Gasteiger charge is 2.24. The van der Waals surface area contributed by atoms with Crippen LogP contribution in [0, 0.1) is 5.92 Å². The van der Waals surface area contributed by atoms with Gasteiger partial charge < -0.3 is 0 Å². The van der Waals surface area contributed by atoms with Crippen LogP contribution in [0.2, 0.25) is 5.02 Å². The van der Waals surface area contributed by atoms with Gasteiger partial charge >= 0.3 is 0 Å². The van der Waals surface area contributed by atoms with Crippen LogP contribution < -0.4 is 0 Å². The van der Waals surface area contributed by atoms with Gasteiger partial charge in [0.15, 0.2) is 0 Å². The maximum atomic E-state index is 12.5. The molecule has 1 aliphatic rings. The average Bonchev–Trinajstić information content (AvgIpc) is 2.49. The molecular formula is C17H16ClNO. The van der Waals surface area contributed by atoms with Gasteiger partial charge in [-0.3, -0.25) is 9.78 Å². The zero-order valence-electron chi connectivity index (χ0n) is 11.2. The zero-order chi connectivity index (χ0) is 13.9. The Bertz CT molecular complexity index is 638. The highest BCUT2D eigenvalue weighted by atomic mass is 35.5. The van der Waals surface area contributed by atoms with Crippen molar-refractivity contribution in [1.82, 2.24) is 4.98 Å². The molecule has 0 amide bonds. The molecule has 1 aromatic heterocycles. The molecule has 0 aliphatic heterocycles. The number of ketones is 1. The number of aromatic nitrogens is 1. The van der Waals surface area contributed by atoms with E-state index >= 15 is 0 Å². The van der Waals surface area contributed by atoms with Gasteiger partial charge in [-0.05, 0) is 42.0 Å². The van der Waals surface area contributed by atoms with E-state index in [2.05, 4.69) is 23.2 Å². The predicted molar refractivity (Wildman–Crippen MR) is 79.9 cm³/mol. The Morgan fingerprint density at radius 2 is 2.05 bits per heavy atom. The number of pyridine rings is 1. The fourth-order valence-electron chi connectivity index (χ4n) is 2.85. The molecule has 1 heterocycles. The number of carbonyl (C=O) groups excluding carboxylic acids is 1. The van der Waals surface area contributed by atoms with Crippen LogP contribution >= 0.6 is 11.6 Å². The maximum Gasteiger partial charge on any atom is 0.140 e. The first-order valence-corrected chi connectivity index (χ1v) is 7.29. The van der Waals surface area contributed by atoms with Gasteiger partial charge in [-0.15, -0.1) is 0 Å². The molecule has 102 valence electrons. The van der Waals surface area contributed by atoms with Crippen LogP contribution in [0.3, 0.4) is 0 Å². The third-order valence-corrected chi connectivity index (χ3v) is 4.36. The maximum absolute atomic E-state index is 12.5. The van der Waals surface area contributed by atoms with E-state index in [1.807, 2.05) is 12.1 Å². The number of nitrogens with zero attached hydrogens (tertiary/aromatic N) is 1. The van der Waals surface area contributed by atoms with Crippen molar-refractivity contribution in [2.24, 2.45) is 5.92 Å². The van der Waals surface area contributed by atoms with E-state index in [0.717, 1.165) is 24.8 Å². The fraction of sp³-hybridized carbons (Fsp3) is 0.294. The molecule has 3 rings (SSSR count). The van der Waals surface area contributed by atoms with E-state index in [0.29, 0.717) is 11.4 Å². The van der Waals surface area contributed by atoms with Gasteiger partial charge in [-0.25, -0.2) is 0 Å². The van der Waals surface area contributed by atoms with Gasteiger partial charge in [0, 0.05) is 24.7 Å². The van der Waals surface area contributed by atoms with Crippen molar-refractivity contribution >= 4 is 17.4 Å². The topological polar surface area (TPSA) is 30.0 Å². The normalized spacial score (nSPS) is 17.6. The van der Waals surface area contributed by atoms with Crippen molar-refractivity contribution in [2.75, 3.05) is 0 Å². The van der Waals surface area contributed by atoms with Crippen LogP contribution in [0.1, 0.15) is 23.1 Å². The Morgan fingerprint density at radius 3 is 2.85 bits per heavy atom. The Hall–Kier alpha value is -1.67. The van der Waals surface area contributed by atoms with Crippen LogP contribution in [0.4, 0.5) is 0 Å². The highest BCUT2D eigenvalue weighted by molar-refractivity contribution is 6.31. The van der Waals surface area contributed by atoms with Crippen molar-refractivity contribution < 1.29 is 4.79 Å². The Labute approximate surface area is 123 Å². The summed E-state index contributed by atoms with van der Waals surface area (Å²) in [4.78, 5) is 16.4. The summed E-state index contributed by atoms with van der Waals surface area (Å²) in [5.41, 5.74) is 3.59. The van der Waals surface area contributed by atoms with E-state index in [1.165, 1.54) is 11.1 Å². The minimum absolute atomic E-state index is 0.120. The van der Waals surface area contributed by atoms with Crippen molar-refractivity contribution in [3.63, 3.8) is 0 Å². The molecular weight excluding hydrogens is 270 g/mol. The molecule has 2 nitrogen and oxygen atoms in total. The van der Waals surface area contributed by atoms with Crippen LogP contribution in [-0.4, -0.2) is 10.8 Å². The third-order valence-electron chi connectivity index (χ3n) is 4.02. The number of benzene rings is 1. The first-order valence-electron chi connectivity index (χ1n) is 6.92. The Kier molecular flexibility index (Phi) is 3.83. The summed E-state index contributed by atoms with van der Waals surface area (Å²) in [6.07, 6.45) is 6.49. The van der Waals surface area contributed by atoms with E-state index < -0.39 is 0 Å². The largest absolute Gasteiger partial charge is 0.299 e. The number of rotatable bonds is 3. The second-order valence-electron chi connectivity index (χ2n) is 5.32. The quantitative estimate of drug-likeness (QED) is 0.861. The number of hydrogen-bond acceptors (Lipinski definition) is 2. The van der Waals surface area contributed by atoms with E-state index in [4.69, 9.17) is 11.6 Å². The fourth-order valence-corrected chi connectivity index (χ4v) is 3.04. The van der Waals surface area contributed by atoms with Crippen LogP contribution in [0.5, 0.6) is 0 Å². The monoisotopic (exact) mass is 285 g/mol. The predicted octanol–water partition coefficient (Wildman–Crippen LogP) is 3.65. The van der Waals surface area contributed by atoms with E-state index in [-0.39, 0.29) is 11.7 Å². The second-order valence-corrected chi connectivity index (χ2v) is 5.73. The zero-order valence-corrected chi connectivity index (χ0v) is 11.9. The lowest BCUT2D eigenvalue weighted by Gasteiger charge is -2.23. The molecule has 1 unspecified atom stereocenters. The summed E-state index contributed by atoms with van der Waals surface area (Å²) < 4.78 is 0. The molecule has 2 aromatic rings. The Balaban J connectivity index is 1.72. The molecule has 0 saturated carbocycles. The summed E-state index contributed by atoms with van der Waals surface area (Å²) in [6, 6.07) is 10.2. The summed E-state index contributed by atoms with van der Waals surface area (Å²) in [5, 5.41) is 0.581. The van der Waals surface area contributed by atoms with Gasteiger partial charge in [0.2, 0.25) is 0 Å². The van der Waals surface area contributed by atoms with Gasteiger partial charge in [-0.2, -0.15) is 0 Å². The first-order chi connectivity index (χ1) is 9.74. The number of carbonyl (C=O) groups is 1. The lowest BCUT2D eigenvalue weighted by molar-refractivity contribution is -0.122. The van der Waals surface area contributed by atoms with Gasteiger partial charge in [0.25, 0.3) is 0 Å². The van der Waals surface area contributed by atoms with Gasteiger partial charge in [0.05, 0.1) is 5.02 Å². The molecule has 0 saturated heterocycles. The SMILES string of the molecule is O=C(Cc1ccncc1Cl)C1CCc2ccccc2C1. The highest BCUT2D eigenvalue weighted by Crippen LogP contribution is 2.27. The summed E-state index contributed by atoms with van der Waals surface area (Å²) in [7, 11) is 0. The standard InChI is InChI=1S/C17H16ClNO/c18-16-11-19-8-7-14(16)10-17(20)15-6-5-12-3-1-2-4-13(12)9-15/h1-4,7-8,11,15H,5-6,9-10H2. The molecule has 20 heavy (non-hydrogen) atoms. The minimum atomic E-state index is 0.120. The van der Waals surface area contributed by atoms with Crippen molar-refractivity contribution in [3.8, 4) is 0 Å². The smallest absolute Gasteiger partial charge is 0.140 e. The van der Waals surface area contributed by atoms with Crippen molar-refractivity contribution in [2.45, 2.75) is 25.7 Å². The number of halogens is 1. The van der Waals surface area contributed by atoms with Crippen molar-refractivity contribution in [3.05, 3.63) is 64.4 Å². The molecule has 0 fully saturated rings. The average molecular weight is 286 g/mol. The van der Waals surface area contributed by atoms with Crippen LogP contribution in [0.25, 0.3) is 0 Å². The second kappa shape index (κ2) is 5.76. The molecule has 1 aliphatic carbocycles. The van der Waals surface area contributed by atoms with Crippen LogP contribution in [-0.2, 0) is 24.1 Å². The summed E-state index contributed by atoms with van der Waals surface area (Å²) in [5.74, 6) is 0.404. The molecule has 0 spiro atoms. The van der Waals surface area contributed by atoms with Crippen LogP contribution in [0.15, 0.2) is 42.7 Å². The lowest BCUT2D eigenvalue weighted by Crippen LogP contribution is -2.24. The molecule has 0 N–H and O–H groups in total.